The molecule has 5 nitrogen and oxygen atoms in total. The third-order valence-electron chi connectivity index (χ3n) is 3.93. The maximum Gasteiger partial charge on any atom is 0.260 e. The predicted molar refractivity (Wildman–Crippen MR) is 83.4 cm³/mol. The molecule has 1 atom stereocenters. The Bertz CT molecular complexity index is 543. The van der Waals surface area contributed by atoms with Crippen molar-refractivity contribution >= 4 is 10.0 Å². The zero-order chi connectivity index (χ0) is 15.3. The Morgan fingerprint density at radius 2 is 2.19 bits per heavy atom. The number of rotatable bonds is 7. The molecule has 1 fully saturated rings. The maximum atomic E-state index is 12.6. The topological polar surface area (TPSA) is 62.3 Å². The highest BCUT2D eigenvalue weighted by Crippen LogP contribution is 2.26. The van der Waals surface area contributed by atoms with Crippen molar-refractivity contribution in [1.29, 1.82) is 0 Å². The summed E-state index contributed by atoms with van der Waals surface area (Å²) in [6.45, 7) is 7.03. The molecule has 0 bridgehead atoms. The molecule has 1 aliphatic rings. The Morgan fingerprint density at radius 1 is 1.38 bits per heavy atom. The largest absolute Gasteiger partial charge is 0.313 e. The molecule has 2 rings (SSSR count). The predicted octanol–water partition coefficient (Wildman–Crippen LogP) is 2.00. The Morgan fingerprint density at radius 3 is 2.81 bits per heavy atom. The molecular formula is C15H25N3O2S. The Kier molecular flexibility index (Phi) is 5.72. The van der Waals surface area contributed by atoms with Gasteiger partial charge in [0.15, 0.2) is 5.03 Å². The molecule has 1 aliphatic heterocycles. The average Bonchev–Trinajstić information content (AvgIpc) is 2.95. The number of sulfonamides is 1. The van der Waals surface area contributed by atoms with Gasteiger partial charge in [-0.2, -0.15) is 4.31 Å². The van der Waals surface area contributed by atoms with E-state index in [0.29, 0.717) is 25.6 Å². The molecule has 21 heavy (non-hydrogen) atoms. The second-order valence-corrected chi connectivity index (χ2v) is 7.48. The van der Waals surface area contributed by atoms with E-state index in [9.17, 15) is 8.42 Å². The molecule has 2 heterocycles. The SMILES string of the molecule is CCCC1CCN(S(=O)(=O)c2ccc(CNCC)cn2)C1. The number of hydrogen-bond acceptors (Lipinski definition) is 4. The first-order valence-electron chi connectivity index (χ1n) is 7.73. The van der Waals surface area contributed by atoms with Crippen molar-refractivity contribution in [2.24, 2.45) is 5.92 Å². The van der Waals surface area contributed by atoms with Crippen LogP contribution in [-0.2, 0) is 16.6 Å². The summed E-state index contributed by atoms with van der Waals surface area (Å²) >= 11 is 0. The van der Waals surface area contributed by atoms with Crippen molar-refractivity contribution in [3.05, 3.63) is 23.9 Å². The zero-order valence-electron chi connectivity index (χ0n) is 12.9. The molecule has 0 saturated carbocycles. The lowest BCUT2D eigenvalue weighted by Gasteiger charge is -2.16. The molecule has 0 aliphatic carbocycles. The fourth-order valence-electron chi connectivity index (χ4n) is 2.73. The second-order valence-electron chi connectivity index (χ2n) is 5.59. The number of pyridine rings is 1. The number of nitrogens with zero attached hydrogens (tertiary/aromatic N) is 2. The summed E-state index contributed by atoms with van der Waals surface area (Å²) in [5.41, 5.74) is 1.00. The molecule has 0 aromatic carbocycles. The van der Waals surface area contributed by atoms with Crippen LogP contribution in [0, 0.1) is 5.92 Å². The van der Waals surface area contributed by atoms with E-state index in [2.05, 4.69) is 17.2 Å². The van der Waals surface area contributed by atoms with Crippen molar-refractivity contribution in [2.45, 2.75) is 44.7 Å². The Hall–Kier alpha value is -0.980. The van der Waals surface area contributed by atoms with Gasteiger partial charge in [-0.15, -0.1) is 0 Å². The smallest absolute Gasteiger partial charge is 0.260 e. The second kappa shape index (κ2) is 7.33. The van der Waals surface area contributed by atoms with Gasteiger partial charge in [0.1, 0.15) is 0 Å². The molecule has 0 spiro atoms. The first-order valence-corrected chi connectivity index (χ1v) is 9.17. The lowest BCUT2D eigenvalue weighted by atomic mass is 10.0. The maximum absolute atomic E-state index is 12.6. The summed E-state index contributed by atoms with van der Waals surface area (Å²) in [6, 6.07) is 3.46. The highest BCUT2D eigenvalue weighted by Gasteiger charge is 2.32. The van der Waals surface area contributed by atoms with Gasteiger partial charge in [-0.25, -0.2) is 13.4 Å². The van der Waals surface area contributed by atoms with Gasteiger partial charge in [0, 0.05) is 25.8 Å². The zero-order valence-corrected chi connectivity index (χ0v) is 13.7. The van der Waals surface area contributed by atoms with Crippen LogP contribution in [0.1, 0.15) is 38.7 Å². The summed E-state index contributed by atoms with van der Waals surface area (Å²) in [5.74, 6) is 0.498. The summed E-state index contributed by atoms with van der Waals surface area (Å²) < 4.78 is 26.7. The number of nitrogens with one attached hydrogen (secondary N) is 1. The van der Waals surface area contributed by atoms with Crippen LogP contribution in [-0.4, -0.2) is 37.3 Å². The van der Waals surface area contributed by atoms with E-state index >= 15 is 0 Å². The quantitative estimate of drug-likeness (QED) is 0.836. The van der Waals surface area contributed by atoms with Crippen molar-refractivity contribution in [3.63, 3.8) is 0 Å². The number of hydrogen-bond donors (Lipinski definition) is 1. The molecule has 1 aromatic rings. The lowest BCUT2D eigenvalue weighted by Crippen LogP contribution is -2.29. The third kappa shape index (κ3) is 4.02. The minimum absolute atomic E-state index is 0.167. The van der Waals surface area contributed by atoms with Gasteiger partial charge in [0.25, 0.3) is 10.0 Å². The van der Waals surface area contributed by atoms with Crippen LogP contribution in [0.2, 0.25) is 0 Å². The van der Waals surface area contributed by atoms with Crippen LogP contribution < -0.4 is 5.32 Å². The standard InChI is InChI=1S/C15H25N3O2S/c1-3-5-13-8-9-18(12-13)21(19,20)15-7-6-14(11-17-15)10-16-4-2/h6-7,11,13,16H,3-5,8-10,12H2,1-2H3. The van der Waals surface area contributed by atoms with Gasteiger partial charge in [0.05, 0.1) is 0 Å². The van der Waals surface area contributed by atoms with Crippen LogP contribution in [0.25, 0.3) is 0 Å². The van der Waals surface area contributed by atoms with Gasteiger partial charge in [0.2, 0.25) is 0 Å². The fraction of sp³-hybridized carbons (Fsp3) is 0.667. The fourth-order valence-corrected chi connectivity index (χ4v) is 4.17. The lowest BCUT2D eigenvalue weighted by molar-refractivity contribution is 0.442. The van der Waals surface area contributed by atoms with Crippen LogP contribution in [0.15, 0.2) is 23.4 Å². The van der Waals surface area contributed by atoms with Crippen molar-refractivity contribution in [3.8, 4) is 0 Å². The van der Waals surface area contributed by atoms with E-state index in [4.69, 9.17) is 0 Å². The molecule has 6 heteroatoms. The molecule has 1 N–H and O–H groups in total. The van der Waals surface area contributed by atoms with Crippen molar-refractivity contribution in [2.75, 3.05) is 19.6 Å². The van der Waals surface area contributed by atoms with Gasteiger partial charge >= 0.3 is 0 Å². The van der Waals surface area contributed by atoms with E-state index in [0.717, 1.165) is 31.4 Å². The highest BCUT2D eigenvalue weighted by atomic mass is 32.2. The van der Waals surface area contributed by atoms with Crippen molar-refractivity contribution in [1.82, 2.24) is 14.6 Å². The van der Waals surface area contributed by atoms with E-state index in [1.54, 1.807) is 16.6 Å². The summed E-state index contributed by atoms with van der Waals surface area (Å²) in [6.07, 6.45) is 4.82. The molecule has 118 valence electrons. The summed E-state index contributed by atoms with van der Waals surface area (Å²) in [4.78, 5) is 4.15. The molecule has 0 amide bonds. The van der Waals surface area contributed by atoms with E-state index < -0.39 is 10.0 Å². The summed E-state index contributed by atoms with van der Waals surface area (Å²) in [7, 11) is -3.43. The normalized spacial score (nSPS) is 20.0. The first kappa shape index (κ1) is 16.4. The van der Waals surface area contributed by atoms with Crippen LogP contribution >= 0.6 is 0 Å². The first-order chi connectivity index (χ1) is 10.1. The van der Waals surface area contributed by atoms with E-state index in [1.807, 2.05) is 13.0 Å². The average molecular weight is 311 g/mol. The van der Waals surface area contributed by atoms with Gasteiger partial charge in [-0.05, 0) is 36.9 Å². The highest BCUT2D eigenvalue weighted by molar-refractivity contribution is 7.89. The Labute approximate surface area is 127 Å². The van der Waals surface area contributed by atoms with Crippen molar-refractivity contribution < 1.29 is 8.42 Å². The molecule has 0 radical (unpaired) electrons. The molecule has 1 unspecified atom stereocenters. The molecule has 1 aromatic heterocycles. The van der Waals surface area contributed by atoms with Crippen LogP contribution in [0.3, 0.4) is 0 Å². The molecular weight excluding hydrogens is 286 g/mol. The van der Waals surface area contributed by atoms with Crippen LogP contribution in [0.4, 0.5) is 0 Å². The molecule has 1 saturated heterocycles. The minimum atomic E-state index is -3.43. The van der Waals surface area contributed by atoms with Gasteiger partial charge in [-0.1, -0.05) is 26.3 Å². The minimum Gasteiger partial charge on any atom is -0.313 e. The van der Waals surface area contributed by atoms with E-state index in [-0.39, 0.29) is 5.03 Å². The third-order valence-corrected chi connectivity index (χ3v) is 5.71. The van der Waals surface area contributed by atoms with E-state index in [1.165, 1.54) is 0 Å². The Balaban J connectivity index is 2.06. The number of aromatic nitrogens is 1. The monoisotopic (exact) mass is 311 g/mol. The van der Waals surface area contributed by atoms with Gasteiger partial charge in [-0.3, -0.25) is 0 Å². The summed E-state index contributed by atoms with van der Waals surface area (Å²) in [5, 5.41) is 3.36. The van der Waals surface area contributed by atoms with Gasteiger partial charge < -0.3 is 5.32 Å². The van der Waals surface area contributed by atoms with Crippen LogP contribution in [0.5, 0.6) is 0 Å².